The molecule has 17 heavy (non-hydrogen) atoms. The molecule has 1 heterocycles. The largest absolute Gasteiger partial charge is 0.494 e. The Morgan fingerprint density at radius 3 is 2.59 bits per heavy atom. The molecule has 0 saturated heterocycles. The van der Waals surface area contributed by atoms with Crippen molar-refractivity contribution < 1.29 is 9.57 Å². The van der Waals surface area contributed by atoms with Crippen molar-refractivity contribution in [3.63, 3.8) is 0 Å². The molecule has 0 aliphatic carbocycles. The fraction of sp³-hybridized carbons (Fsp3) is 0.429. The monoisotopic (exact) mass is 233 g/mol. The predicted molar refractivity (Wildman–Crippen MR) is 67.8 cm³/mol. The average molecular weight is 233 g/mol. The molecule has 0 spiro atoms. The Balaban J connectivity index is 2.15. The van der Waals surface area contributed by atoms with E-state index in [0.29, 0.717) is 6.61 Å². The van der Waals surface area contributed by atoms with E-state index in [-0.39, 0.29) is 12.1 Å². The van der Waals surface area contributed by atoms with Gasteiger partial charge >= 0.3 is 0 Å². The Morgan fingerprint density at radius 1 is 1.29 bits per heavy atom. The molecular formula is C14H19NO2. The number of nitrogens with one attached hydrogen (secondary N) is 1. The summed E-state index contributed by atoms with van der Waals surface area (Å²) in [4.78, 5) is 5.63. The van der Waals surface area contributed by atoms with Crippen LogP contribution >= 0.6 is 0 Å². The number of hydrogen-bond donors (Lipinski definition) is 1. The molecule has 1 aromatic carbocycles. The van der Waals surface area contributed by atoms with E-state index in [1.54, 1.807) is 0 Å². The van der Waals surface area contributed by atoms with Gasteiger partial charge in [-0.3, -0.25) is 4.84 Å². The first-order valence-electron chi connectivity index (χ1n) is 6.03. The highest BCUT2D eigenvalue weighted by Crippen LogP contribution is 2.28. The maximum Gasteiger partial charge on any atom is 0.125 e. The third-order valence-electron chi connectivity index (χ3n) is 2.79. The van der Waals surface area contributed by atoms with E-state index >= 15 is 0 Å². The fourth-order valence-corrected chi connectivity index (χ4v) is 2.02. The van der Waals surface area contributed by atoms with Gasteiger partial charge in [0.2, 0.25) is 0 Å². The second-order valence-corrected chi connectivity index (χ2v) is 4.32. The quantitative estimate of drug-likeness (QED) is 0.814. The molecule has 1 aliphatic heterocycles. The molecule has 2 atom stereocenters. The van der Waals surface area contributed by atoms with Crippen molar-refractivity contribution in [1.29, 1.82) is 0 Å². The van der Waals surface area contributed by atoms with Crippen molar-refractivity contribution in [2.45, 2.75) is 32.9 Å². The van der Waals surface area contributed by atoms with Crippen LogP contribution in [-0.4, -0.2) is 12.6 Å². The van der Waals surface area contributed by atoms with Crippen LogP contribution in [0.3, 0.4) is 0 Å². The van der Waals surface area contributed by atoms with Gasteiger partial charge < -0.3 is 4.74 Å². The van der Waals surface area contributed by atoms with E-state index in [4.69, 9.17) is 9.57 Å². The average Bonchev–Trinajstić information content (AvgIpc) is 2.31. The normalized spacial score (nSPS) is 24.3. The highest BCUT2D eigenvalue weighted by molar-refractivity contribution is 5.32. The van der Waals surface area contributed by atoms with Gasteiger partial charge in [0, 0.05) is 6.04 Å². The molecule has 0 saturated carbocycles. The lowest BCUT2D eigenvalue weighted by molar-refractivity contribution is -0.0275. The van der Waals surface area contributed by atoms with E-state index in [1.165, 1.54) is 5.57 Å². The van der Waals surface area contributed by atoms with Crippen LogP contribution in [0.4, 0.5) is 0 Å². The number of rotatable bonds is 3. The Hall–Kier alpha value is -1.32. The molecule has 3 nitrogen and oxygen atoms in total. The van der Waals surface area contributed by atoms with Crippen LogP contribution in [0.5, 0.6) is 5.75 Å². The summed E-state index contributed by atoms with van der Waals surface area (Å²) in [6.07, 6.45) is 2.19. The van der Waals surface area contributed by atoms with Gasteiger partial charge in [-0.2, -0.15) is 5.48 Å². The summed E-state index contributed by atoms with van der Waals surface area (Å²) in [5, 5.41) is 0. The fourth-order valence-electron chi connectivity index (χ4n) is 2.02. The molecule has 0 fully saturated rings. The zero-order valence-electron chi connectivity index (χ0n) is 10.6. The minimum absolute atomic E-state index is 0.00174. The first-order valence-corrected chi connectivity index (χ1v) is 6.03. The summed E-state index contributed by atoms with van der Waals surface area (Å²) in [5.74, 6) is 0.898. The smallest absolute Gasteiger partial charge is 0.125 e. The van der Waals surface area contributed by atoms with E-state index in [9.17, 15) is 0 Å². The van der Waals surface area contributed by atoms with E-state index in [2.05, 4.69) is 25.4 Å². The molecule has 2 rings (SSSR count). The molecule has 2 unspecified atom stereocenters. The van der Waals surface area contributed by atoms with Gasteiger partial charge in [-0.15, -0.1) is 0 Å². The van der Waals surface area contributed by atoms with Crippen LogP contribution in [0.25, 0.3) is 0 Å². The standard InChI is InChI=1S/C14H19NO2/c1-4-16-13-7-5-12(6-8-13)14-10(2)9-11(3)15-17-14/h5-9,11,14-15H,4H2,1-3H3. The lowest BCUT2D eigenvalue weighted by Gasteiger charge is -2.26. The first-order chi connectivity index (χ1) is 8.20. The van der Waals surface area contributed by atoms with Crippen LogP contribution in [-0.2, 0) is 4.84 Å². The summed E-state index contributed by atoms with van der Waals surface area (Å²) in [6, 6.07) is 8.32. The van der Waals surface area contributed by atoms with E-state index in [1.807, 2.05) is 31.2 Å². The van der Waals surface area contributed by atoms with Crippen molar-refractivity contribution in [3.8, 4) is 5.75 Å². The predicted octanol–water partition coefficient (Wildman–Crippen LogP) is 3.00. The highest BCUT2D eigenvalue weighted by Gasteiger charge is 2.20. The molecule has 0 radical (unpaired) electrons. The van der Waals surface area contributed by atoms with Crippen molar-refractivity contribution in [3.05, 3.63) is 41.5 Å². The topological polar surface area (TPSA) is 30.5 Å². The highest BCUT2D eigenvalue weighted by atomic mass is 16.7. The summed E-state index contributed by atoms with van der Waals surface area (Å²) in [7, 11) is 0. The third kappa shape index (κ3) is 2.87. The lowest BCUT2D eigenvalue weighted by Crippen LogP contribution is -2.31. The van der Waals surface area contributed by atoms with Crippen molar-refractivity contribution in [2.24, 2.45) is 0 Å². The van der Waals surface area contributed by atoms with Gasteiger partial charge in [0.1, 0.15) is 11.9 Å². The molecule has 0 aromatic heterocycles. The van der Waals surface area contributed by atoms with Crippen molar-refractivity contribution in [1.82, 2.24) is 5.48 Å². The Kier molecular flexibility index (Phi) is 3.82. The van der Waals surface area contributed by atoms with E-state index in [0.717, 1.165) is 11.3 Å². The third-order valence-corrected chi connectivity index (χ3v) is 2.79. The van der Waals surface area contributed by atoms with Gasteiger partial charge in [0.15, 0.2) is 0 Å². The van der Waals surface area contributed by atoms with Crippen molar-refractivity contribution in [2.75, 3.05) is 6.61 Å². The summed E-state index contributed by atoms with van der Waals surface area (Å²) >= 11 is 0. The van der Waals surface area contributed by atoms with Gasteiger partial charge in [-0.1, -0.05) is 18.2 Å². The van der Waals surface area contributed by atoms with Crippen LogP contribution < -0.4 is 10.2 Å². The maximum atomic E-state index is 5.63. The van der Waals surface area contributed by atoms with Crippen molar-refractivity contribution >= 4 is 0 Å². The lowest BCUT2D eigenvalue weighted by atomic mass is 10.00. The summed E-state index contributed by atoms with van der Waals surface area (Å²) < 4.78 is 5.42. The van der Waals surface area contributed by atoms with Gasteiger partial charge in [-0.05, 0) is 44.0 Å². The Morgan fingerprint density at radius 2 is 2.00 bits per heavy atom. The molecule has 1 aromatic rings. The second-order valence-electron chi connectivity index (χ2n) is 4.32. The minimum atomic E-state index is 0.00174. The van der Waals surface area contributed by atoms with Gasteiger partial charge in [0.25, 0.3) is 0 Å². The zero-order valence-corrected chi connectivity index (χ0v) is 10.6. The molecule has 1 aliphatic rings. The molecule has 0 amide bonds. The van der Waals surface area contributed by atoms with Gasteiger partial charge in [0.05, 0.1) is 6.61 Å². The van der Waals surface area contributed by atoms with Gasteiger partial charge in [-0.25, -0.2) is 0 Å². The number of hydrogen-bond acceptors (Lipinski definition) is 3. The molecule has 3 heteroatoms. The minimum Gasteiger partial charge on any atom is -0.494 e. The number of hydroxylamine groups is 1. The SMILES string of the molecule is CCOc1ccc(C2ONC(C)C=C2C)cc1. The number of ether oxygens (including phenoxy) is 1. The Labute approximate surface area is 102 Å². The van der Waals surface area contributed by atoms with Crippen LogP contribution in [0.15, 0.2) is 35.9 Å². The molecular weight excluding hydrogens is 214 g/mol. The molecule has 0 bridgehead atoms. The van der Waals surface area contributed by atoms with Crippen LogP contribution in [0.2, 0.25) is 0 Å². The first kappa shape index (κ1) is 12.1. The molecule has 92 valence electrons. The summed E-state index contributed by atoms with van der Waals surface area (Å²) in [6.45, 7) is 6.84. The van der Waals surface area contributed by atoms with E-state index < -0.39 is 0 Å². The maximum absolute atomic E-state index is 5.63. The van der Waals surface area contributed by atoms with Crippen LogP contribution in [0.1, 0.15) is 32.4 Å². The molecule has 1 N–H and O–H groups in total. The Bertz CT molecular complexity index is 397. The summed E-state index contributed by atoms with van der Waals surface area (Å²) in [5.41, 5.74) is 5.37. The second kappa shape index (κ2) is 5.34. The number of benzene rings is 1. The van der Waals surface area contributed by atoms with Crippen LogP contribution in [0, 0.1) is 0 Å². The zero-order chi connectivity index (χ0) is 12.3.